The first kappa shape index (κ1) is 29.6. The van der Waals surface area contributed by atoms with E-state index in [-0.39, 0.29) is 28.3 Å². The summed E-state index contributed by atoms with van der Waals surface area (Å²) in [6.07, 6.45) is 9.65. The second-order valence-electron chi connectivity index (χ2n) is 14.0. The minimum absolute atomic E-state index is 0.0166. The summed E-state index contributed by atoms with van der Waals surface area (Å²) in [5, 5.41) is 8.86. The molecule has 4 aliphatic rings. The van der Waals surface area contributed by atoms with Crippen molar-refractivity contribution in [2.45, 2.75) is 45.4 Å². The van der Waals surface area contributed by atoms with Crippen LogP contribution in [0.25, 0.3) is 32.9 Å². The van der Waals surface area contributed by atoms with Gasteiger partial charge in [0.2, 0.25) is 5.91 Å². The standard InChI is InChI=1S/C35H39ClFN7O2/c1-3-27(45)44-19-34(20-44)10-14-43(15-11-34)32-23-16-25(36)29(28-22(2)6-7-26-24(28)17-38-41-26)30(37)31(23)39-33(40-32)46-21-35(8-9-35)18-42-12-4-5-13-42/h3,6-7,16-17H,1,4-5,8-15,18-21H2,2H3,(H,38,41). The molecule has 0 bridgehead atoms. The van der Waals surface area contributed by atoms with Gasteiger partial charge in [-0.3, -0.25) is 9.89 Å². The summed E-state index contributed by atoms with van der Waals surface area (Å²) < 4.78 is 23.3. The number of carbonyl (C=O) groups excluding carboxylic acids is 1. The predicted octanol–water partition coefficient (Wildman–Crippen LogP) is 6.14. The molecule has 1 N–H and O–H groups in total. The number of aryl methyl sites for hydroxylation is 1. The van der Waals surface area contributed by atoms with Crippen LogP contribution in [-0.4, -0.2) is 88.3 Å². The number of aromatic nitrogens is 4. The van der Waals surface area contributed by atoms with Crippen molar-refractivity contribution in [1.29, 1.82) is 0 Å². The smallest absolute Gasteiger partial charge is 0.319 e. The highest BCUT2D eigenvalue weighted by atomic mass is 35.5. The van der Waals surface area contributed by atoms with Crippen LogP contribution in [0.2, 0.25) is 5.02 Å². The number of hydrogen-bond acceptors (Lipinski definition) is 7. The Labute approximate surface area is 272 Å². The van der Waals surface area contributed by atoms with Crippen molar-refractivity contribution in [1.82, 2.24) is 30.0 Å². The van der Waals surface area contributed by atoms with Crippen LogP contribution in [0.15, 0.2) is 37.1 Å². The zero-order valence-corrected chi connectivity index (χ0v) is 27.0. The number of fused-ring (bicyclic) bond motifs is 2. The van der Waals surface area contributed by atoms with E-state index in [0.717, 1.165) is 88.0 Å². The molecule has 4 aromatic rings. The van der Waals surface area contributed by atoms with Crippen LogP contribution in [0, 0.1) is 23.6 Å². The number of nitrogens with zero attached hydrogens (tertiary/aromatic N) is 6. The maximum atomic E-state index is 16.9. The first-order chi connectivity index (χ1) is 22.3. The monoisotopic (exact) mass is 643 g/mol. The number of aromatic amines is 1. The topological polar surface area (TPSA) is 90.5 Å². The van der Waals surface area contributed by atoms with Gasteiger partial charge in [0.1, 0.15) is 11.3 Å². The molecular weight excluding hydrogens is 605 g/mol. The number of carbonyl (C=O) groups is 1. The molecule has 1 saturated carbocycles. The highest BCUT2D eigenvalue weighted by Gasteiger charge is 2.47. The highest BCUT2D eigenvalue weighted by Crippen LogP contribution is 2.48. The highest BCUT2D eigenvalue weighted by molar-refractivity contribution is 6.35. The molecule has 2 aromatic heterocycles. The van der Waals surface area contributed by atoms with Crippen molar-refractivity contribution in [3.05, 3.63) is 53.5 Å². The number of likely N-dealkylation sites (tertiary alicyclic amines) is 2. The van der Waals surface area contributed by atoms with Crippen molar-refractivity contribution >= 4 is 45.1 Å². The van der Waals surface area contributed by atoms with Crippen LogP contribution in [-0.2, 0) is 4.79 Å². The number of nitrogens with one attached hydrogen (secondary N) is 1. The number of anilines is 1. The minimum Gasteiger partial charge on any atom is -0.463 e. The molecular formula is C35H39ClFN7O2. The number of amides is 1. The fourth-order valence-corrected chi connectivity index (χ4v) is 8.15. The van der Waals surface area contributed by atoms with Crippen molar-refractivity contribution in [2.24, 2.45) is 10.8 Å². The first-order valence-corrected chi connectivity index (χ1v) is 16.8. The third-order valence-corrected chi connectivity index (χ3v) is 11.1. The molecule has 2 aromatic carbocycles. The summed E-state index contributed by atoms with van der Waals surface area (Å²) in [5.74, 6) is 0.136. The number of halogens is 2. The Morgan fingerprint density at radius 1 is 1.09 bits per heavy atom. The summed E-state index contributed by atoms with van der Waals surface area (Å²) >= 11 is 6.95. The van der Waals surface area contributed by atoms with Gasteiger partial charge in [-0.05, 0) is 82.3 Å². The number of piperidine rings is 1. The zero-order chi connectivity index (χ0) is 31.6. The lowest BCUT2D eigenvalue weighted by atomic mass is 9.72. The van der Waals surface area contributed by atoms with E-state index in [2.05, 4.69) is 26.6 Å². The van der Waals surface area contributed by atoms with Gasteiger partial charge < -0.3 is 19.4 Å². The van der Waals surface area contributed by atoms with Crippen LogP contribution in [0.5, 0.6) is 6.01 Å². The van der Waals surface area contributed by atoms with E-state index in [9.17, 15) is 4.79 Å². The van der Waals surface area contributed by atoms with Crippen LogP contribution in [0.4, 0.5) is 10.2 Å². The molecule has 1 aliphatic carbocycles. The van der Waals surface area contributed by atoms with E-state index in [4.69, 9.17) is 26.3 Å². The molecule has 1 spiro atoms. The minimum atomic E-state index is -0.489. The fourth-order valence-electron chi connectivity index (χ4n) is 7.87. The molecule has 1 amide bonds. The fraction of sp³-hybridized carbons (Fsp3) is 0.486. The van der Waals surface area contributed by atoms with Gasteiger partial charge in [-0.25, -0.2) is 4.39 Å². The molecule has 0 unspecified atom stereocenters. The Kier molecular flexibility index (Phi) is 7.21. The molecule has 46 heavy (non-hydrogen) atoms. The number of H-pyrrole nitrogens is 1. The maximum Gasteiger partial charge on any atom is 0.319 e. The maximum absolute atomic E-state index is 16.9. The zero-order valence-electron chi connectivity index (χ0n) is 26.2. The number of hydrogen-bond donors (Lipinski definition) is 1. The molecule has 0 atom stereocenters. The lowest BCUT2D eigenvalue weighted by molar-refractivity contribution is -0.139. The SMILES string of the molecule is C=CC(=O)N1CC2(CCN(c3nc(OCC4(CN5CCCC5)CC4)nc4c(F)c(-c5c(C)ccc6[nH]ncc56)c(Cl)cc34)CC2)C1. The summed E-state index contributed by atoms with van der Waals surface area (Å²) in [4.78, 5) is 28.4. The van der Waals surface area contributed by atoms with Crippen molar-refractivity contribution in [2.75, 3.05) is 57.3 Å². The van der Waals surface area contributed by atoms with Crippen LogP contribution >= 0.6 is 11.6 Å². The van der Waals surface area contributed by atoms with Crippen molar-refractivity contribution in [3.63, 3.8) is 0 Å². The summed E-state index contributed by atoms with van der Waals surface area (Å²) in [6, 6.07) is 5.89. The normalized spacial score (nSPS) is 20.4. The van der Waals surface area contributed by atoms with Gasteiger partial charge >= 0.3 is 6.01 Å². The lowest BCUT2D eigenvalue weighted by Crippen LogP contribution is -2.61. The summed E-state index contributed by atoms with van der Waals surface area (Å²) in [7, 11) is 0. The van der Waals surface area contributed by atoms with E-state index < -0.39 is 5.82 Å². The third-order valence-electron chi connectivity index (χ3n) is 10.8. The molecule has 8 rings (SSSR count). The van der Waals surface area contributed by atoms with Gasteiger partial charge in [0.25, 0.3) is 0 Å². The molecule has 3 saturated heterocycles. The second-order valence-corrected chi connectivity index (χ2v) is 14.4. The second kappa shape index (κ2) is 11.2. The Morgan fingerprint density at radius 2 is 1.85 bits per heavy atom. The van der Waals surface area contributed by atoms with Crippen molar-refractivity contribution in [3.8, 4) is 17.1 Å². The van der Waals surface area contributed by atoms with E-state index in [0.29, 0.717) is 34.0 Å². The average molecular weight is 644 g/mol. The quantitative estimate of drug-likeness (QED) is 0.231. The Bertz CT molecular complexity index is 1850. The lowest BCUT2D eigenvalue weighted by Gasteiger charge is -2.54. The van der Waals surface area contributed by atoms with Gasteiger partial charge in [-0.2, -0.15) is 15.1 Å². The molecule has 11 heteroatoms. The number of ether oxygens (including phenoxy) is 1. The van der Waals surface area contributed by atoms with Gasteiger partial charge in [0.05, 0.1) is 23.3 Å². The van der Waals surface area contributed by atoms with E-state index in [1.54, 1.807) is 12.3 Å². The van der Waals surface area contributed by atoms with Crippen molar-refractivity contribution < 1.29 is 13.9 Å². The number of rotatable bonds is 8. The predicted molar refractivity (Wildman–Crippen MR) is 178 cm³/mol. The Morgan fingerprint density at radius 3 is 2.57 bits per heavy atom. The molecule has 4 fully saturated rings. The van der Waals surface area contributed by atoms with Crippen LogP contribution in [0.3, 0.4) is 0 Å². The van der Waals surface area contributed by atoms with Gasteiger partial charge in [0, 0.05) is 65.5 Å². The molecule has 3 aliphatic heterocycles. The van der Waals surface area contributed by atoms with E-state index in [1.165, 1.54) is 18.9 Å². The molecule has 240 valence electrons. The molecule has 9 nitrogen and oxygen atoms in total. The van der Waals surface area contributed by atoms with E-state index >= 15 is 4.39 Å². The Balaban J connectivity index is 1.16. The van der Waals surface area contributed by atoms with E-state index in [1.807, 2.05) is 24.0 Å². The average Bonchev–Trinajstić information content (AvgIpc) is 3.36. The first-order valence-electron chi connectivity index (χ1n) is 16.4. The largest absolute Gasteiger partial charge is 0.463 e. The van der Waals surface area contributed by atoms with Gasteiger partial charge in [-0.1, -0.05) is 24.2 Å². The Hall–Kier alpha value is -3.76. The summed E-state index contributed by atoms with van der Waals surface area (Å²) in [6.45, 7) is 12.4. The summed E-state index contributed by atoms with van der Waals surface area (Å²) in [5.41, 5.74) is 3.12. The molecule has 5 heterocycles. The number of benzene rings is 2. The third kappa shape index (κ3) is 5.10. The van der Waals surface area contributed by atoms with Gasteiger partial charge in [-0.15, -0.1) is 0 Å². The van der Waals surface area contributed by atoms with Crippen LogP contribution in [0.1, 0.15) is 44.1 Å². The molecule has 0 radical (unpaired) electrons. The van der Waals surface area contributed by atoms with Gasteiger partial charge in [0.15, 0.2) is 5.82 Å². The van der Waals surface area contributed by atoms with Crippen LogP contribution < -0.4 is 9.64 Å².